The molecular weight excluding hydrogens is 248 g/mol. The molecule has 4 heteroatoms. The average molecular weight is 270 g/mol. The van der Waals surface area contributed by atoms with E-state index in [1.165, 1.54) is 30.5 Å². The zero-order chi connectivity index (χ0) is 13.9. The predicted molar refractivity (Wildman–Crippen MR) is 79.9 cm³/mol. The van der Waals surface area contributed by atoms with Gasteiger partial charge >= 0.3 is 0 Å². The lowest BCUT2D eigenvalue weighted by atomic mass is 10.1. The summed E-state index contributed by atoms with van der Waals surface area (Å²) in [4.78, 5) is 7.05. The summed E-state index contributed by atoms with van der Waals surface area (Å²) in [5, 5.41) is 12.9. The third kappa shape index (κ3) is 2.51. The van der Waals surface area contributed by atoms with Crippen LogP contribution in [0.15, 0.2) is 6.07 Å². The number of aryl methyl sites for hydroxylation is 2. The van der Waals surface area contributed by atoms with E-state index >= 15 is 0 Å². The number of hydrogen-bond donors (Lipinski definition) is 1. The smallest absolute Gasteiger partial charge is 0.146 e. The van der Waals surface area contributed by atoms with Crippen LogP contribution >= 0.6 is 0 Å². The third-order valence-corrected chi connectivity index (χ3v) is 4.58. The Kier molecular flexibility index (Phi) is 3.88. The Bertz CT molecular complexity index is 524. The summed E-state index contributed by atoms with van der Waals surface area (Å²) in [5.74, 6) is 0.889. The van der Waals surface area contributed by atoms with Gasteiger partial charge in [-0.05, 0) is 63.2 Å². The van der Waals surface area contributed by atoms with E-state index in [0.29, 0.717) is 6.04 Å². The van der Waals surface area contributed by atoms with Crippen molar-refractivity contribution in [3.05, 3.63) is 22.9 Å². The van der Waals surface area contributed by atoms with Crippen molar-refractivity contribution < 1.29 is 0 Å². The molecule has 0 saturated carbocycles. The van der Waals surface area contributed by atoms with Crippen molar-refractivity contribution in [3.8, 4) is 6.07 Å². The second-order valence-corrected chi connectivity index (χ2v) is 5.88. The minimum absolute atomic E-state index is 0.490. The Morgan fingerprint density at radius 2 is 2.20 bits per heavy atom. The summed E-state index contributed by atoms with van der Waals surface area (Å²) in [6.45, 7) is 2.16. The van der Waals surface area contributed by atoms with E-state index in [-0.39, 0.29) is 0 Å². The molecule has 0 amide bonds. The Balaban J connectivity index is 1.90. The number of anilines is 1. The number of pyridine rings is 1. The molecule has 2 aliphatic rings. The van der Waals surface area contributed by atoms with Crippen molar-refractivity contribution in [2.45, 2.75) is 44.6 Å². The molecule has 1 N–H and O–H groups in total. The molecule has 106 valence electrons. The van der Waals surface area contributed by atoms with Gasteiger partial charge in [0.25, 0.3) is 0 Å². The highest BCUT2D eigenvalue weighted by Gasteiger charge is 2.23. The van der Waals surface area contributed by atoms with Crippen LogP contribution in [0.3, 0.4) is 0 Å². The largest absolute Gasteiger partial charge is 0.356 e. The molecule has 1 atom stereocenters. The molecule has 1 saturated heterocycles. The molecule has 1 fully saturated rings. The zero-order valence-electron chi connectivity index (χ0n) is 12.2. The Hall–Kier alpha value is -1.60. The summed E-state index contributed by atoms with van der Waals surface area (Å²) in [6, 6.07) is 4.90. The van der Waals surface area contributed by atoms with Crippen LogP contribution in [0, 0.1) is 11.3 Å². The number of nitrogens with zero attached hydrogens (tertiary/aromatic N) is 3. The second kappa shape index (κ2) is 5.80. The second-order valence-electron chi connectivity index (χ2n) is 5.88. The lowest BCUT2D eigenvalue weighted by Crippen LogP contribution is -2.33. The van der Waals surface area contributed by atoms with Gasteiger partial charge in [0.2, 0.25) is 0 Å². The average Bonchev–Trinajstić information content (AvgIpc) is 2.76. The van der Waals surface area contributed by atoms with Gasteiger partial charge in [-0.15, -0.1) is 0 Å². The Morgan fingerprint density at radius 3 is 3.05 bits per heavy atom. The van der Waals surface area contributed by atoms with Crippen molar-refractivity contribution in [2.75, 3.05) is 25.0 Å². The maximum atomic E-state index is 9.42. The quantitative estimate of drug-likeness (QED) is 0.893. The number of rotatable bonds is 2. The van der Waals surface area contributed by atoms with Gasteiger partial charge in [0.05, 0.1) is 5.56 Å². The predicted octanol–water partition coefficient (Wildman–Crippen LogP) is 2.02. The van der Waals surface area contributed by atoms with Crippen molar-refractivity contribution >= 4 is 5.82 Å². The lowest BCUT2D eigenvalue weighted by Gasteiger charge is -2.29. The maximum absolute atomic E-state index is 9.42. The third-order valence-electron chi connectivity index (χ3n) is 4.58. The lowest BCUT2D eigenvalue weighted by molar-refractivity contribution is 0.562. The highest BCUT2D eigenvalue weighted by molar-refractivity contribution is 5.57. The first-order valence-electron chi connectivity index (χ1n) is 7.66. The van der Waals surface area contributed by atoms with E-state index in [2.05, 4.69) is 29.4 Å². The zero-order valence-corrected chi connectivity index (χ0v) is 12.2. The van der Waals surface area contributed by atoms with E-state index in [9.17, 15) is 5.26 Å². The number of fused-ring (bicyclic) bond motifs is 1. The molecule has 0 aromatic carbocycles. The number of nitriles is 1. The van der Waals surface area contributed by atoms with E-state index < -0.39 is 0 Å². The SMILES string of the molecule is CN(c1nc2c(cc1C#N)CCC2)C1CCCNCC1. The van der Waals surface area contributed by atoms with Crippen LogP contribution in [0.2, 0.25) is 0 Å². The molecule has 1 aromatic heterocycles. The van der Waals surface area contributed by atoms with E-state index in [4.69, 9.17) is 4.98 Å². The molecule has 1 aromatic rings. The Morgan fingerprint density at radius 1 is 1.30 bits per heavy atom. The molecule has 2 heterocycles. The number of aromatic nitrogens is 1. The fourth-order valence-electron chi connectivity index (χ4n) is 3.37. The topological polar surface area (TPSA) is 52.0 Å². The van der Waals surface area contributed by atoms with Gasteiger partial charge in [-0.2, -0.15) is 5.26 Å². The first-order valence-corrected chi connectivity index (χ1v) is 7.66. The van der Waals surface area contributed by atoms with Crippen molar-refractivity contribution in [3.63, 3.8) is 0 Å². The van der Waals surface area contributed by atoms with Gasteiger partial charge in [-0.1, -0.05) is 0 Å². The van der Waals surface area contributed by atoms with Crippen molar-refractivity contribution in [1.82, 2.24) is 10.3 Å². The molecule has 20 heavy (non-hydrogen) atoms. The monoisotopic (exact) mass is 270 g/mol. The molecule has 1 aliphatic heterocycles. The summed E-state index contributed by atoms with van der Waals surface area (Å²) in [5.41, 5.74) is 3.23. The highest BCUT2D eigenvalue weighted by Crippen LogP contribution is 2.28. The Labute approximate surface area is 120 Å². The molecule has 4 nitrogen and oxygen atoms in total. The minimum Gasteiger partial charge on any atom is -0.356 e. The summed E-state index contributed by atoms with van der Waals surface area (Å²) in [7, 11) is 2.10. The van der Waals surface area contributed by atoms with Crippen LogP contribution in [0.4, 0.5) is 5.82 Å². The fraction of sp³-hybridized carbons (Fsp3) is 0.625. The van der Waals surface area contributed by atoms with Crippen LogP contribution in [0.5, 0.6) is 0 Å². The van der Waals surface area contributed by atoms with Crippen LogP contribution in [-0.4, -0.2) is 31.2 Å². The first kappa shape index (κ1) is 13.4. The number of hydrogen-bond acceptors (Lipinski definition) is 4. The highest BCUT2D eigenvalue weighted by atomic mass is 15.2. The van der Waals surface area contributed by atoms with Crippen LogP contribution < -0.4 is 10.2 Å². The van der Waals surface area contributed by atoms with Gasteiger partial charge in [-0.25, -0.2) is 4.98 Å². The summed E-state index contributed by atoms with van der Waals surface area (Å²) >= 11 is 0. The van der Waals surface area contributed by atoms with Crippen molar-refractivity contribution in [1.29, 1.82) is 5.26 Å². The maximum Gasteiger partial charge on any atom is 0.146 e. The normalized spacial score (nSPS) is 21.9. The van der Waals surface area contributed by atoms with Gasteiger partial charge in [0, 0.05) is 18.8 Å². The van der Waals surface area contributed by atoms with E-state index in [0.717, 1.165) is 43.7 Å². The van der Waals surface area contributed by atoms with Gasteiger partial charge in [-0.3, -0.25) is 0 Å². The summed E-state index contributed by atoms with van der Waals surface area (Å²) < 4.78 is 0. The fourth-order valence-corrected chi connectivity index (χ4v) is 3.37. The molecule has 0 bridgehead atoms. The van der Waals surface area contributed by atoms with Gasteiger partial charge < -0.3 is 10.2 Å². The van der Waals surface area contributed by atoms with Crippen molar-refractivity contribution in [2.24, 2.45) is 0 Å². The molecular formula is C16H22N4. The molecule has 0 radical (unpaired) electrons. The molecule has 1 unspecified atom stereocenters. The van der Waals surface area contributed by atoms with E-state index in [1.54, 1.807) is 0 Å². The van der Waals surface area contributed by atoms with Crippen LogP contribution in [0.1, 0.15) is 42.5 Å². The number of nitrogens with one attached hydrogen (secondary N) is 1. The van der Waals surface area contributed by atoms with Gasteiger partial charge in [0.15, 0.2) is 0 Å². The molecule has 0 spiro atoms. The van der Waals surface area contributed by atoms with Crippen LogP contribution in [0.25, 0.3) is 0 Å². The molecule has 3 rings (SSSR count). The van der Waals surface area contributed by atoms with Crippen LogP contribution in [-0.2, 0) is 12.8 Å². The molecule has 1 aliphatic carbocycles. The standard InChI is InChI=1S/C16H22N4/c1-20(14-5-3-8-18-9-7-14)16-13(11-17)10-12-4-2-6-15(12)19-16/h10,14,18H,2-9H2,1H3. The first-order chi connectivity index (χ1) is 9.79. The minimum atomic E-state index is 0.490. The summed E-state index contributed by atoms with van der Waals surface area (Å²) in [6.07, 6.45) is 6.81. The van der Waals surface area contributed by atoms with Gasteiger partial charge in [0.1, 0.15) is 11.9 Å². The van der Waals surface area contributed by atoms with E-state index in [1.807, 2.05) is 0 Å².